The average molecular weight is 248 g/mol. The molecular weight excluding hydrogens is 228 g/mol. The summed E-state index contributed by atoms with van der Waals surface area (Å²) in [6, 6.07) is 0. The topological polar surface area (TPSA) is 87.7 Å². The number of nitrogens with zero attached hydrogens (tertiary/aromatic N) is 4. The molecule has 6 nitrogen and oxygen atoms in total. The van der Waals surface area contributed by atoms with Crippen LogP contribution in [0.5, 0.6) is 0 Å². The summed E-state index contributed by atoms with van der Waals surface area (Å²) < 4.78 is 3.15. The summed E-state index contributed by atoms with van der Waals surface area (Å²) in [5, 5.41) is 0. The van der Waals surface area contributed by atoms with Crippen LogP contribution >= 0.6 is 0 Å². The minimum absolute atomic E-state index is 0.257. The molecule has 2 heterocycles. The third-order valence-corrected chi connectivity index (χ3v) is 3.04. The molecule has 0 aliphatic carbocycles. The maximum atomic E-state index is 5.88. The molecule has 0 saturated heterocycles. The lowest BCUT2D eigenvalue weighted by Crippen LogP contribution is -2.14. The Balaban J connectivity index is 2.15. The standard InChI is InChI=1S/C12H20N6/c1-8(2)12-16-10(6-17(12)13)4-9(3)11-5-15-7-18(11)14/h5-9H,4,13-14H2,1-3H3. The first kappa shape index (κ1) is 12.5. The molecule has 0 amide bonds. The van der Waals surface area contributed by atoms with E-state index < -0.39 is 0 Å². The van der Waals surface area contributed by atoms with Crippen LogP contribution in [0, 0.1) is 0 Å². The predicted molar refractivity (Wildman–Crippen MR) is 71.0 cm³/mol. The van der Waals surface area contributed by atoms with E-state index in [-0.39, 0.29) is 5.92 Å². The van der Waals surface area contributed by atoms with Crippen LogP contribution in [0.3, 0.4) is 0 Å². The molecule has 0 aliphatic heterocycles. The largest absolute Gasteiger partial charge is 0.338 e. The Morgan fingerprint density at radius 1 is 1.22 bits per heavy atom. The number of imidazole rings is 2. The van der Waals surface area contributed by atoms with Crippen molar-refractivity contribution in [1.29, 1.82) is 0 Å². The molecule has 2 rings (SSSR count). The highest BCUT2D eigenvalue weighted by atomic mass is 15.3. The van der Waals surface area contributed by atoms with Crippen molar-refractivity contribution in [3.05, 3.63) is 35.9 Å². The van der Waals surface area contributed by atoms with Crippen LogP contribution in [-0.2, 0) is 6.42 Å². The molecular formula is C12H20N6. The van der Waals surface area contributed by atoms with Gasteiger partial charge in [0.15, 0.2) is 0 Å². The van der Waals surface area contributed by atoms with Gasteiger partial charge in [0, 0.05) is 18.0 Å². The molecule has 0 bridgehead atoms. The van der Waals surface area contributed by atoms with E-state index in [1.165, 1.54) is 0 Å². The van der Waals surface area contributed by atoms with Crippen LogP contribution in [-0.4, -0.2) is 19.3 Å². The van der Waals surface area contributed by atoms with Crippen molar-refractivity contribution >= 4 is 0 Å². The number of nitrogen functional groups attached to an aromatic ring is 2. The Morgan fingerprint density at radius 3 is 2.44 bits per heavy atom. The summed E-state index contributed by atoms with van der Waals surface area (Å²) in [5.41, 5.74) is 1.97. The number of aromatic nitrogens is 4. The summed E-state index contributed by atoms with van der Waals surface area (Å²) in [6.45, 7) is 6.26. The Bertz CT molecular complexity index is 524. The van der Waals surface area contributed by atoms with Crippen molar-refractivity contribution in [2.24, 2.45) is 0 Å². The molecule has 1 unspecified atom stereocenters. The molecule has 98 valence electrons. The van der Waals surface area contributed by atoms with Gasteiger partial charge in [-0.1, -0.05) is 20.8 Å². The van der Waals surface area contributed by atoms with Crippen LogP contribution in [0.4, 0.5) is 0 Å². The van der Waals surface area contributed by atoms with Crippen LogP contribution in [0.25, 0.3) is 0 Å². The highest BCUT2D eigenvalue weighted by molar-refractivity contribution is 5.13. The van der Waals surface area contributed by atoms with Gasteiger partial charge >= 0.3 is 0 Å². The van der Waals surface area contributed by atoms with Crippen LogP contribution in [0.15, 0.2) is 18.7 Å². The Hall–Kier alpha value is -1.98. The van der Waals surface area contributed by atoms with Crippen molar-refractivity contribution in [3.63, 3.8) is 0 Å². The lowest BCUT2D eigenvalue weighted by atomic mass is 10.0. The van der Waals surface area contributed by atoms with E-state index in [9.17, 15) is 0 Å². The lowest BCUT2D eigenvalue weighted by molar-refractivity contribution is 0.685. The first-order chi connectivity index (χ1) is 8.49. The van der Waals surface area contributed by atoms with Crippen LogP contribution in [0.2, 0.25) is 0 Å². The molecule has 18 heavy (non-hydrogen) atoms. The lowest BCUT2D eigenvalue weighted by Gasteiger charge is -2.09. The van der Waals surface area contributed by atoms with Crippen molar-refractivity contribution < 1.29 is 0 Å². The van der Waals surface area contributed by atoms with Crippen molar-refractivity contribution in [2.45, 2.75) is 39.0 Å². The van der Waals surface area contributed by atoms with Gasteiger partial charge in [0.2, 0.25) is 0 Å². The van der Waals surface area contributed by atoms with Gasteiger partial charge in [0.1, 0.15) is 12.2 Å². The average Bonchev–Trinajstić information content (AvgIpc) is 2.84. The van der Waals surface area contributed by atoms with Gasteiger partial charge in [-0.05, 0) is 6.42 Å². The highest BCUT2D eigenvalue weighted by Gasteiger charge is 2.15. The molecule has 0 aliphatic rings. The van der Waals surface area contributed by atoms with E-state index in [1.807, 2.05) is 6.20 Å². The molecule has 0 fully saturated rings. The van der Waals surface area contributed by atoms with E-state index >= 15 is 0 Å². The second-order valence-corrected chi connectivity index (χ2v) is 4.98. The molecule has 6 heteroatoms. The molecule has 4 N–H and O–H groups in total. The molecule has 1 atom stereocenters. The van der Waals surface area contributed by atoms with Crippen LogP contribution < -0.4 is 11.7 Å². The number of rotatable bonds is 4. The van der Waals surface area contributed by atoms with Gasteiger partial charge in [-0.3, -0.25) is 9.35 Å². The Morgan fingerprint density at radius 2 is 1.94 bits per heavy atom. The molecule has 0 saturated carbocycles. The second kappa shape index (κ2) is 4.72. The Kier molecular flexibility index (Phi) is 3.27. The van der Waals surface area contributed by atoms with E-state index in [0.29, 0.717) is 5.92 Å². The van der Waals surface area contributed by atoms with Crippen molar-refractivity contribution in [2.75, 3.05) is 11.7 Å². The maximum Gasteiger partial charge on any atom is 0.129 e. The number of hydrogen-bond donors (Lipinski definition) is 2. The molecule has 0 spiro atoms. The second-order valence-electron chi connectivity index (χ2n) is 4.98. The minimum Gasteiger partial charge on any atom is -0.338 e. The summed E-state index contributed by atoms with van der Waals surface area (Å²) >= 11 is 0. The maximum absolute atomic E-state index is 5.88. The summed E-state index contributed by atoms with van der Waals surface area (Å²) in [6.07, 6.45) is 6.07. The highest BCUT2D eigenvalue weighted by Crippen LogP contribution is 2.20. The van der Waals surface area contributed by atoms with E-state index in [1.54, 1.807) is 21.9 Å². The monoisotopic (exact) mass is 248 g/mol. The van der Waals surface area contributed by atoms with E-state index in [4.69, 9.17) is 11.7 Å². The first-order valence-corrected chi connectivity index (χ1v) is 6.09. The zero-order valence-corrected chi connectivity index (χ0v) is 11.0. The van der Waals surface area contributed by atoms with Crippen molar-refractivity contribution in [1.82, 2.24) is 19.3 Å². The quantitative estimate of drug-likeness (QED) is 0.789. The fourth-order valence-electron chi connectivity index (χ4n) is 2.10. The first-order valence-electron chi connectivity index (χ1n) is 6.09. The molecule has 2 aromatic rings. The summed E-state index contributed by atoms with van der Waals surface area (Å²) in [7, 11) is 0. The summed E-state index contributed by atoms with van der Waals surface area (Å²) in [4.78, 5) is 8.58. The minimum atomic E-state index is 0.257. The van der Waals surface area contributed by atoms with Gasteiger partial charge < -0.3 is 11.7 Å². The molecule has 0 aromatic carbocycles. The third-order valence-electron chi connectivity index (χ3n) is 3.04. The van der Waals surface area contributed by atoms with E-state index in [0.717, 1.165) is 23.6 Å². The molecule has 0 radical (unpaired) electrons. The third kappa shape index (κ3) is 2.32. The zero-order valence-electron chi connectivity index (χ0n) is 11.0. The summed E-state index contributed by atoms with van der Waals surface area (Å²) in [5.74, 6) is 13.1. The van der Waals surface area contributed by atoms with Gasteiger partial charge in [0.05, 0.1) is 17.6 Å². The Labute approximate surface area is 107 Å². The fraction of sp³-hybridized carbons (Fsp3) is 0.500. The van der Waals surface area contributed by atoms with Gasteiger partial charge in [0.25, 0.3) is 0 Å². The SMILES string of the molecule is CC(C)c1nc(CC(C)c2cncn2N)cn1N. The predicted octanol–water partition coefficient (Wildman–Crippen LogP) is 0.977. The van der Waals surface area contributed by atoms with E-state index in [2.05, 4.69) is 30.7 Å². The molecule has 2 aromatic heterocycles. The number of nitrogens with two attached hydrogens (primary N) is 2. The zero-order chi connectivity index (χ0) is 13.3. The van der Waals surface area contributed by atoms with Gasteiger partial charge in [-0.15, -0.1) is 0 Å². The smallest absolute Gasteiger partial charge is 0.129 e. The fourth-order valence-corrected chi connectivity index (χ4v) is 2.10. The van der Waals surface area contributed by atoms with Crippen molar-refractivity contribution in [3.8, 4) is 0 Å². The number of hydrogen-bond acceptors (Lipinski definition) is 4. The van der Waals surface area contributed by atoms with Gasteiger partial charge in [-0.2, -0.15) is 0 Å². The van der Waals surface area contributed by atoms with Gasteiger partial charge in [-0.25, -0.2) is 9.97 Å². The van der Waals surface area contributed by atoms with Crippen LogP contribution in [0.1, 0.15) is 49.8 Å². The normalized spacial score (nSPS) is 13.1.